The molecule has 172 valence electrons. The Morgan fingerprint density at radius 1 is 1.03 bits per heavy atom. The highest BCUT2D eigenvalue weighted by atomic mass is 16.5. The lowest BCUT2D eigenvalue weighted by atomic mass is 9.81. The molecule has 30 heavy (non-hydrogen) atoms. The summed E-state index contributed by atoms with van der Waals surface area (Å²) in [6, 6.07) is 0.327. The summed E-state index contributed by atoms with van der Waals surface area (Å²) in [4.78, 5) is 36.1. The van der Waals surface area contributed by atoms with Crippen LogP contribution in [0.4, 0.5) is 0 Å². The number of piperidine rings is 1. The lowest BCUT2D eigenvalue weighted by molar-refractivity contribution is -0.133. The van der Waals surface area contributed by atoms with Crippen LogP contribution in [0.5, 0.6) is 0 Å². The molecule has 8 heteroatoms. The quantitative estimate of drug-likeness (QED) is 0.537. The van der Waals surface area contributed by atoms with Crippen molar-refractivity contribution in [1.82, 2.24) is 15.5 Å². The average Bonchev–Trinajstić information content (AvgIpc) is 2.70. The van der Waals surface area contributed by atoms with Crippen molar-refractivity contribution in [2.24, 2.45) is 11.8 Å². The molecule has 1 saturated heterocycles. The van der Waals surface area contributed by atoms with Crippen molar-refractivity contribution < 1.29 is 24.2 Å². The monoisotopic (exact) mass is 425 g/mol. The fraction of sp³-hybridized carbons (Fsp3) is 0.864. The van der Waals surface area contributed by atoms with E-state index in [-0.39, 0.29) is 42.3 Å². The number of amides is 2. The number of ether oxygens (including phenoxy) is 1. The number of nitrogens with one attached hydrogen (secondary N) is 2. The summed E-state index contributed by atoms with van der Waals surface area (Å²) in [5.41, 5.74) is 0. The topological polar surface area (TPSA) is 108 Å². The highest BCUT2D eigenvalue weighted by Gasteiger charge is 2.37. The maximum atomic E-state index is 12.8. The van der Waals surface area contributed by atoms with Crippen LogP contribution < -0.4 is 10.6 Å². The number of carbonyl (C=O) groups is 3. The van der Waals surface area contributed by atoms with Gasteiger partial charge in [0.05, 0.1) is 12.1 Å². The van der Waals surface area contributed by atoms with Gasteiger partial charge in [-0.15, -0.1) is 0 Å². The van der Waals surface area contributed by atoms with Gasteiger partial charge in [0.15, 0.2) is 0 Å². The molecular weight excluding hydrogens is 386 g/mol. The van der Waals surface area contributed by atoms with E-state index in [9.17, 15) is 9.59 Å². The van der Waals surface area contributed by atoms with Gasteiger partial charge < -0.3 is 25.4 Å². The fourth-order valence-electron chi connectivity index (χ4n) is 4.44. The molecule has 0 aromatic rings. The van der Waals surface area contributed by atoms with Crippen molar-refractivity contribution >= 4 is 18.3 Å². The number of carboxylic acid groups (broad SMARTS) is 1. The first-order valence-electron chi connectivity index (χ1n) is 11.5. The predicted molar refractivity (Wildman–Crippen MR) is 114 cm³/mol. The molecule has 3 rings (SSSR count). The van der Waals surface area contributed by atoms with E-state index in [1.165, 1.54) is 6.42 Å². The molecule has 2 aliphatic carbocycles. The molecule has 0 unspecified atom stereocenters. The van der Waals surface area contributed by atoms with Gasteiger partial charge in [0.25, 0.3) is 6.47 Å². The minimum absolute atomic E-state index is 0.00475. The van der Waals surface area contributed by atoms with E-state index in [1.54, 1.807) is 0 Å². The van der Waals surface area contributed by atoms with Gasteiger partial charge in [-0.25, -0.2) is 0 Å². The van der Waals surface area contributed by atoms with E-state index >= 15 is 0 Å². The maximum absolute atomic E-state index is 12.8. The summed E-state index contributed by atoms with van der Waals surface area (Å²) in [7, 11) is 2.11. The molecule has 1 aliphatic heterocycles. The Morgan fingerprint density at radius 2 is 1.67 bits per heavy atom. The number of nitrogens with zero attached hydrogens (tertiary/aromatic N) is 1. The lowest BCUT2D eigenvalue weighted by Gasteiger charge is -2.38. The lowest BCUT2D eigenvalue weighted by Crippen LogP contribution is -2.53. The van der Waals surface area contributed by atoms with Gasteiger partial charge >= 0.3 is 0 Å². The Kier molecular flexibility index (Phi) is 10.6. The second kappa shape index (κ2) is 12.9. The first kappa shape index (κ1) is 24.6. The molecule has 0 aromatic carbocycles. The zero-order valence-corrected chi connectivity index (χ0v) is 18.5. The number of hydrogen-bond acceptors (Lipinski definition) is 5. The van der Waals surface area contributed by atoms with Gasteiger partial charge in [0, 0.05) is 24.5 Å². The molecule has 0 bridgehead atoms. The Labute approximate surface area is 180 Å². The molecule has 3 atom stereocenters. The Balaban J connectivity index is 0.00000101. The van der Waals surface area contributed by atoms with Gasteiger partial charge in [-0.1, -0.05) is 6.92 Å². The van der Waals surface area contributed by atoms with Crippen molar-refractivity contribution in [3.63, 3.8) is 0 Å². The minimum atomic E-state index is -0.250. The third-order valence-electron chi connectivity index (χ3n) is 6.56. The van der Waals surface area contributed by atoms with E-state index in [2.05, 4.69) is 29.5 Å². The van der Waals surface area contributed by atoms with Crippen molar-refractivity contribution in [2.45, 2.75) is 82.9 Å². The molecule has 2 amide bonds. The molecule has 0 radical (unpaired) electrons. The van der Waals surface area contributed by atoms with Gasteiger partial charge in [-0.05, 0) is 77.9 Å². The summed E-state index contributed by atoms with van der Waals surface area (Å²) < 4.78 is 6.04. The second-order valence-corrected chi connectivity index (χ2v) is 8.85. The Bertz CT molecular complexity index is 547. The Morgan fingerprint density at radius 3 is 2.23 bits per heavy atom. The summed E-state index contributed by atoms with van der Waals surface area (Å²) in [6.45, 7) is 4.52. The van der Waals surface area contributed by atoms with Crippen LogP contribution in [0.2, 0.25) is 0 Å². The van der Waals surface area contributed by atoms with Gasteiger partial charge in [0.2, 0.25) is 11.8 Å². The van der Waals surface area contributed by atoms with Crippen molar-refractivity contribution in [1.29, 1.82) is 0 Å². The highest BCUT2D eigenvalue weighted by Crippen LogP contribution is 2.29. The molecule has 0 aromatic heterocycles. The van der Waals surface area contributed by atoms with Gasteiger partial charge in [0.1, 0.15) is 0 Å². The van der Waals surface area contributed by atoms with Crippen LogP contribution in [-0.4, -0.2) is 73.2 Å². The molecule has 1 heterocycles. The maximum Gasteiger partial charge on any atom is 0.290 e. The third-order valence-corrected chi connectivity index (χ3v) is 6.56. The zero-order valence-electron chi connectivity index (χ0n) is 18.5. The molecule has 0 spiro atoms. The van der Waals surface area contributed by atoms with Crippen LogP contribution in [0.25, 0.3) is 0 Å². The van der Waals surface area contributed by atoms with Crippen molar-refractivity contribution in [3.05, 3.63) is 0 Å². The Hall–Kier alpha value is -1.67. The fourth-order valence-corrected chi connectivity index (χ4v) is 4.44. The van der Waals surface area contributed by atoms with E-state index in [1.807, 2.05) is 0 Å². The molecule has 3 N–H and O–H groups in total. The molecule has 3 aliphatic rings. The third kappa shape index (κ3) is 7.54. The summed E-state index contributed by atoms with van der Waals surface area (Å²) in [5, 5.41) is 13.3. The van der Waals surface area contributed by atoms with Crippen LogP contribution in [0.15, 0.2) is 0 Å². The predicted octanol–water partition coefficient (Wildman–Crippen LogP) is 1.78. The molecular formula is C22H39N3O5. The van der Waals surface area contributed by atoms with E-state index in [0.29, 0.717) is 19.1 Å². The van der Waals surface area contributed by atoms with E-state index in [0.717, 1.165) is 58.0 Å². The van der Waals surface area contributed by atoms with Gasteiger partial charge in [-0.3, -0.25) is 14.4 Å². The molecule has 2 saturated carbocycles. The minimum Gasteiger partial charge on any atom is -0.483 e. The highest BCUT2D eigenvalue weighted by molar-refractivity contribution is 5.80. The number of carbonyl (C=O) groups excluding carboxylic acids is 2. The largest absolute Gasteiger partial charge is 0.483 e. The van der Waals surface area contributed by atoms with Crippen LogP contribution in [0, 0.1) is 11.8 Å². The summed E-state index contributed by atoms with van der Waals surface area (Å²) in [5.74, 6) is 0.414. The van der Waals surface area contributed by atoms with Crippen LogP contribution >= 0.6 is 0 Å². The molecule has 8 nitrogen and oxygen atoms in total. The number of likely N-dealkylation sites (tertiary alicyclic amines) is 1. The van der Waals surface area contributed by atoms with Crippen LogP contribution in [-0.2, 0) is 19.1 Å². The van der Waals surface area contributed by atoms with Crippen LogP contribution in [0.1, 0.15) is 64.7 Å². The number of rotatable bonds is 7. The van der Waals surface area contributed by atoms with Gasteiger partial charge in [-0.2, -0.15) is 0 Å². The SMILES string of the molecule is CCCO[C@@H]1CC[C@H](C(=O)NC2CCC2)C[C@H]1NC(=O)C1CCN(C)CC1.O=CO. The second-order valence-electron chi connectivity index (χ2n) is 8.85. The first-order chi connectivity index (χ1) is 14.5. The van der Waals surface area contributed by atoms with E-state index < -0.39 is 0 Å². The standard InChI is InChI=1S/C21H37N3O3.CH2O2/c1-3-13-27-19-8-7-16(21(26)22-17-5-4-6-17)14-18(19)23-20(25)15-9-11-24(2)12-10-15;2-1-3/h15-19H,3-14H2,1-2H3,(H,22,26)(H,23,25);1H,(H,2,3)/t16-,18+,19+;/m0./s1. The zero-order chi connectivity index (χ0) is 21.9. The summed E-state index contributed by atoms with van der Waals surface area (Å²) in [6.07, 6.45) is 8.68. The summed E-state index contributed by atoms with van der Waals surface area (Å²) >= 11 is 0. The van der Waals surface area contributed by atoms with Crippen LogP contribution in [0.3, 0.4) is 0 Å². The normalized spacial score (nSPS) is 27.9. The van der Waals surface area contributed by atoms with E-state index in [4.69, 9.17) is 14.6 Å². The van der Waals surface area contributed by atoms with Crippen molar-refractivity contribution in [3.8, 4) is 0 Å². The molecule has 3 fully saturated rings. The van der Waals surface area contributed by atoms with Crippen molar-refractivity contribution in [2.75, 3.05) is 26.7 Å². The number of hydrogen-bond donors (Lipinski definition) is 3. The smallest absolute Gasteiger partial charge is 0.290 e. The first-order valence-corrected chi connectivity index (χ1v) is 11.5. The average molecular weight is 426 g/mol.